The molecule has 1 aliphatic carbocycles. The molecule has 0 unspecified atom stereocenters. The lowest BCUT2D eigenvalue weighted by atomic mass is 10.0. The molecule has 0 aliphatic heterocycles. The maximum Gasteiger partial charge on any atom is 0.251 e. The molecule has 0 saturated heterocycles. The molecule has 0 spiro atoms. The Kier molecular flexibility index (Phi) is 7.55. The first-order valence-corrected chi connectivity index (χ1v) is 14.1. The SMILES string of the molecule is Cc1cc(-c2cnc3c(NCC(C)(C)O)cc(Sc4cccc(OC(C)C)c4)nn23)ccc1C(=O)NC1CC1. The van der Waals surface area contributed by atoms with E-state index in [0.717, 1.165) is 51.0 Å². The van der Waals surface area contributed by atoms with E-state index in [0.29, 0.717) is 23.8 Å². The Morgan fingerprint density at radius 3 is 2.69 bits per heavy atom. The van der Waals surface area contributed by atoms with Crippen LogP contribution in [0.4, 0.5) is 5.69 Å². The average molecular weight is 546 g/mol. The number of amides is 1. The number of carbonyl (C=O) groups is 1. The van der Waals surface area contributed by atoms with E-state index in [1.54, 1.807) is 20.0 Å². The predicted octanol–water partition coefficient (Wildman–Crippen LogP) is 5.72. The lowest BCUT2D eigenvalue weighted by molar-refractivity contribution is 0.0940. The van der Waals surface area contributed by atoms with Crippen LogP contribution in [0.2, 0.25) is 0 Å². The van der Waals surface area contributed by atoms with Crippen LogP contribution in [0.3, 0.4) is 0 Å². The van der Waals surface area contributed by atoms with Crippen LogP contribution in [0.5, 0.6) is 5.75 Å². The Balaban J connectivity index is 1.51. The van der Waals surface area contributed by atoms with Gasteiger partial charge in [-0.3, -0.25) is 4.79 Å². The number of aryl methyl sites for hydroxylation is 1. The lowest BCUT2D eigenvalue weighted by Crippen LogP contribution is -2.29. The number of aromatic nitrogens is 3. The fraction of sp³-hybridized carbons (Fsp3) is 0.367. The van der Waals surface area contributed by atoms with Crippen molar-refractivity contribution in [3.8, 4) is 17.0 Å². The van der Waals surface area contributed by atoms with Gasteiger partial charge < -0.3 is 20.5 Å². The van der Waals surface area contributed by atoms with E-state index in [9.17, 15) is 9.90 Å². The number of rotatable bonds is 10. The summed E-state index contributed by atoms with van der Waals surface area (Å²) in [5, 5.41) is 22.5. The zero-order valence-electron chi connectivity index (χ0n) is 23.0. The van der Waals surface area contributed by atoms with E-state index in [1.165, 1.54) is 11.8 Å². The molecule has 4 aromatic rings. The fourth-order valence-corrected chi connectivity index (χ4v) is 5.07. The van der Waals surface area contributed by atoms with E-state index in [4.69, 9.17) is 9.84 Å². The first kappa shape index (κ1) is 27.0. The summed E-state index contributed by atoms with van der Waals surface area (Å²) in [5.74, 6) is 0.777. The summed E-state index contributed by atoms with van der Waals surface area (Å²) in [6.07, 6.45) is 3.98. The number of anilines is 1. The van der Waals surface area contributed by atoms with Crippen molar-refractivity contribution in [3.05, 3.63) is 65.9 Å². The Hall–Kier alpha value is -3.56. The van der Waals surface area contributed by atoms with Gasteiger partial charge in [0.15, 0.2) is 5.65 Å². The zero-order valence-corrected chi connectivity index (χ0v) is 23.8. The summed E-state index contributed by atoms with van der Waals surface area (Å²) in [6.45, 7) is 9.82. The van der Waals surface area contributed by atoms with Crippen LogP contribution in [0.25, 0.3) is 16.9 Å². The molecule has 2 aromatic heterocycles. The van der Waals surface area contributed by atoms with Crippen molar-refractivity contribution in [3.63, 3.8) is 0 Å². The number of aliphatic hydroxyl groups is 1. The molecule has 204 valence electrons. The average Bonchev–Trinajstić information content (AvgIpc) is 3.57. The van der Waals surface area contributed by atoms with Crippen LogP contribution in [0.1, 0.15) is 56.5 Å². The summed E-state index contributed by atoms with van der Waals surface area (Å²) >= 11 is 1.52. The first-order valence-electron chi connectivity index (χ1n) is 13.3. The van der Waals surface area contributed by atoms with Crippen molar-refractivity contribution in [1.29, 1.82) is 0 Å². The van der Waals surface area contributed by atoms with Gasteiger partial charge in [-0.15, -0.1) is 0 Å². The summed E-state index contributed by atoms with van der Waals surface area (Å²) in [4.78, 5) is 18.3. The van der Waals surface area contributed by atoms with Gasteiger partial charge in [0.05, 0.1) is 29.3 Å². The first-order chi connectivity index (χ1) is 18.6. The van der Waals surface area contributed by atoms with Gasteiger partial charge >= 0.3 is 0 Å². The molecule has 0 radical (unpaired) electrons. The van der Waals surface area contributed by atoms with Gasteiger partial charge in [0, 0.05) is 28.6 Å². The van der Waals surface area contributed by atoms with E-state index in [1.807, 2.05) is 73.8 Å². The molecule has 1 saturated carbocycles. The quantitative estimate of drug-likeness (QED) is 0.234. The summed E-state index contributed by atoms with van der Waals surface area (Å²) in [6, 6.07) is 16.0. The van der Waals surface area contributed by atoms with Crippen molar-refractivity contribution < 1.29 is 14.6 Å². The minimum absolute atomic E-state index is 0.0294. The molecular weight excluding hydrogens is 510 g/mol. The van der Waals surface area contributed by atoms with Crippen molar-refractivity contribution >= 4 is 29.0 Å². The number of hydrogen-bond donors (Lipinski definition) is 3. The lowest BCUT2D eigenvalue weighted by Gasteiger charge is -2.19. The molecule has 1 aliphatic rings. The molecule has 8 nitrogen and oxygen atoms in total. The minimum Gasteiger partial charge on any atom is -0.491 e. The molecule has 0 atom stereocenters. The van der Waals surface area contributed by atoms with E-state index < -0.39 is 5.60 Å². The van der Waals surface area contributed by atoms with Crippen molar-refractivity contribution in [2.75, 3.05) is 11.9 Å². The van der Waals surface area contributed by atoms with Gasteiger partial charge in [0.2, 0.25) is 0 Å². The highest BCUT2D eigenvalue weighted by molar-refractivity contribution is 7.99. The molecule has 0 bridgehead atoms. The second kappa shape index (κ2) is 10.9. The van der Waals surface area contributed by atoms with Gasteiger partial charge in [-0.1, -0.05) is 23.9 Å². The third-order valence-corrected chi connectivity index (χ3v) is 7.13. The summed E-state index contributed by atoms with van der Waals surface area (Å²) in [7, 11) is 0. The van der Waals surface area contributed by atoms with Crippen LogP contribution < -0.4 is 15.4 Å². The Morgan fingerprint density at radius 2 is 2.00 bits per heavy atom. The summed E-state index contributed by atoms with van der Waals surface area (Å²) in [5.41, 5.74) is 3.83. The zero-order chi connectivity index (χ0) is 27.7. The molecule has 3 N–H and O–H groups in total. The molecule has 5 rings (SSSR count). The Morgan fingerprint density at radius 1 is 1.21 bits per heavy atom. The molecule has 1 amide bonds. The van der Waals surface area contributed by atoms with Crippen LogP contribution >= 0.6 is 11.8 Å². The van der Waals surface area contributed by atoms with E-state index >= 15 is 0 Å². The fourth-order valence-electron chi connectivity index (χ4n) is 4.21. The Labute approximate surface area is 233 Å². The monoisotopic (exact) mass is 545 g/mol. The van der Waals surface area contributed by atoms with Crippen molar-refractivity contribution in [1.82, 2.24) is 19.9 Å². The molecule has 1 fully saturated rings. The molecule has 2 aromatic carbocycles. The Bertz CT molecular complexity index is 1500. The van der Waals surface area contributed by atoms with Crippen molar-refractivity contribution in [2.45, 2.75) is 75.1 Å². The van der Waals surface area contributed by atoms with Gasteiger partial charge in [-0.05, 0) is 89.4 Å². The number of imidazole rings is 1. The predicted molar refractivity (Wildman–Crippen MR) is 155 cm³/mol. The molecular formula is C30H35N5O3S. The highest BCUT2D eigenvalue weighted by Crippen LogP contribution is 2.33. The number of nitrogens with one attached hydrogen (secondary N) is 2. The number of nitrogens with zero attached hydrogens (tertiary/aromatic N) is 3. The second-order valence-electron chi connectivity index (χ2n) is 11.0. The second-order valence-corrected chi connectivity index (χ2v) is 12.1. The maximum atomic E-state index is 12.6. The van der Waals surface area contributed by atoms with Crippen LogP contribution in [0, 0.1) is 6.92 Å². The molecule has 39 heavy (non-hydrogen) atoms. The highest BCUT2D eigenvalue weighted by Gasteiger charge is 2.25. The molecule has 9 heteroatoms. The standard InChI is InChI=1S/C30H35N5O3S/c1-18(2)38-22-7-6-8-23(14-22)39-27-15-25(32-17-30(4,5)37)28-31-16-26(35(28)34-27)20-9-12-24(19(3)13-20)29(36)33-21-10-11-21/h6-9,12-16,18,21,32,37H,10-11,17H2,1-5H3,(H,33,36). The van der Waals surface area contributed by atoms with E-state index in [-0.39, 0.29) is 12.0 Å². The van der Waals surface area contributed by atoms with Crippen LogP contribution in [0.15, 0.2) is 64.6 Å². The third-order valence-electron chi connectivity index (χ3n) is 6.24. The normalized spacial score (nSPS) is 13.6. The summed E-state index contributed by atoms with van der Waals surface area (Å²) < 4.78 is 7.69. The van der Waals surface area contributed by atoms with Gasteiger partial charge in [-0.25, -0.2) is 9.50 Å². The molecule has 2 heterocycles. The minimum atomic E-state index is -0.903. The van der Waals surface area contributed by atoms with Gasteiger partial charge in [0.1, 0.15) is 10.8 Å². The smallest absolute Gasteiger partial charge is 0.251 e. The third kappa shape index (κ3) is 6.72. The van der Waals surface area contributed by atoms with Crippen molar-refractivity contribution in [2.24, 2.45) is 0 Å². The largest absolute Gasteiger partial charge is 0.491 e. The number of benzene rings is 2. The highest BCUT2D eigenvalue weighted by atomic mass is 32.2. The van der Waals surface area contributed by atoms with Crippen LogP contribution in [-0.2, 0) is 0 Å². The maximum absolute atomic E-state index is 12.6. The number of hydrogen-bond acceptors (Lipinski definition) is 7. The topological polar surface area (TPSA) is 101 Å². The van der Waals surface area contributed by atoms with E-state index in [2.05, 4.69) is 15.6 Å². The number of fused-ring (bicyclic) bond motifs is 1. The number of ether oxygens (including phenoxy) is 1. The van der Waals surface area contributed by atoms with Crippen LogP contribution in [-0.4, -0.2) is 49.9 Å². The number of carbonyl (C=O) groups excluding carboxylic acids is 1. The van der Waals surface area contributed by atoms with Gasteiger partial charge in [-0.2, -0.15) is 5.10 Å². The van der Waals surface area contributed by atoms with Gasteiger partial charge in [0.25, 0.3) is 5.91 Å².